The van der Waals surface area contributed by atoms with Gasteiger partial charge >= 0.3 is 18.0 Å². The molecule has 1 saturated carbocycles. The fourth-order valence-corrected chi connectivity index (χ4v) is 3.55. The number of alkyl halides is 6. The molecule has 2 aromatic heterocycles. The van der Waals surface area contributed by atoms with Gasteiger partial charge < -0.3 is 0 Å². The van der Waals surface area contributed by atoms with Crippen LogP contribution in [0.15, 0.2) is 33.9 Å². The van der Waals surface area contributed by atoms with Gasteiger partial charge in [-0.15, -0.1) is 0 Å². The number of fused-ring (bicyclic) bond motifs is 1. The molecule has 0 amide bonds. The molecule has 160 valence electrons. The smallest absolute Gasteiger partial charge is 0.292 e. The number of aromatic nitrogens is 4. The third-order valence-electron chi connectivity index (χ3n) is 4.95. The van der Waals surface area contributed by atoms with Crippen molar-refractivity contribution in [1.29, 1.82) is 0 Å². The van der Waals surface area contributed by atoms with E-state index in [4.69, 9.17) is 0 Å². The van der Waals surface area contributed by atoms with Gasteiger partial charge in [-0.05, 0) is 36.5 Å². The van der Waals surface area contributed by atoms with Crippen LogP contribution in [0.2, 0.25) is 0 Å². The summed E-state index contributed by atoms with van der Waals surface area (Å²) >= 11 is 0. The van der Waals surface area contributed by atoms with Crippen molar-refractivity contribution in [2.75, 3.05) is 0 Å². The van der Waals surface area contributed by atoms with Crippen LogP contribution in [-0.4, -0.2) is 25.9 Å². The second-order valence-corrected chi connectivity index (χ2v) is 7.22. The molecular weight excluding hydrogens is 418 g/mol. The number of rotatable bonds is 4. The first-order valence-electron chi connectivity index (χ1n) is 8.91. The van der Waals surface area contributed by atoms with E-state index in [0.29, 0.717) is 18.4 Å². The average molecular weight is 432 g/mol. The molecule has 0 spiro atoms. The number of nitrogens with one attached hydrogen (secondary N) is 2. The number of hydrogen-bond donors (Lipinski definition) is 2. The first-order chi connectivity index (χ1) is 13.9. The Morgan fingerprint density at radius 1 is 1.03 bits per heavy atom. The van der Waals surface area contributed by atoms with Crippen molar-refractivity contribution in [2.24, 2.45) is 5.92 Å². The van der Waals surface area contributed by atoms with Crippen LogP contribution in [-0.2, 0) is 12.6 Å². The quantitative estimate of drug-likeness (QED) is 0.619. The van der Waals surface area contributed by atoms with Crippen LogP contribution in [0.25, 0.3) is 11.0 Å². The molecule has 0 saturated heterocycles. The molecule has 1 atom stereocenters. The maximum absolute atomic E-state index is 13.0. The monoisotopic (exact) mass is 432 g/mol. The fourth-order valence-electron chi connectivity index (χ4n) is 3.55. The van der Waals surface area contributed by atoms with Gasteiger partial charge in [-0.2, -0.15) is 31.4 Å². The topological polar surface area (TPSA) is 83.5 Å². The molecule has 1 aliphatic rings. The van der Waals surface area contributed by atoms with Gasteiger partial charge in [0, 0.05) is 0 Å². The third kappa shape index (κ3) is 3.85. The maximum Gasteiger partial charge on any atom is 0.416 e. The number of H-pyrrole nitrogens is 2. The lowest BCUT2D eigenvalue weighted by Gasteiger charge is -2.19. The summed E-state index contributed by atoms with van der Waals surface area (Å²) in [5.41, 5.74) is -3.17. The normalized spacial score (nSPS) is 16.2. The lowest BCUT2D eigenvalue weighted by Crippen LogP contribution is -2.24. The lowest BCUT2D eigenvalue weighted by atomic mass is 10.0. The molecule has 12 heteroatoms. The Morgan fingerprint density at radius 3 is 2.20 bits per heavy atom. The molecule has 1 fully saturated rings. The van der Waals surface area contributed by atoms with Gasteiger partial charge in [0.1, 0.15) is 11.0 Å². The maximum atomic E-state index is 13.0. The predicted octanol–water partition coefficient (Wildman–Crippen LogP) is 3.54. The van der Waals surface area contributed by atoms with Crippen LogP contribution < -0.4 is 11.2 Å². The van der Waals surface area contributed by atoms with Crippen LogP contribution in [0.4, 0.5) is 26.3 Å². The standard InChI is InChI=1S/C18H14F6N4O2/c19-17(20,21)7-11-12-14(25-16(30)26-15(12)29)28(27-11)13(8-1-2-8)9-3-5-10(6-4-9)18(22,23)24/h3-6,8,13H,1-2,7H2,(H2,25,26,29,30). The number of nitrogens with zero attached hydrogens (tertiary/aromatic N) is 2. The molecule has 1 aromatic carbocycles. The van der Waals surface area contributed by atoms with Crippen molar-refractivity contribution in [1.82, 2.24) is 19.7 Å². The summed E-state index contributed by atoms with van der Waals surface area (Å²) in [4.78, 5) is 28.2. The molecule has 2 heterocycles. The molecular formula is C18H14F6N4O2. The lowest BCUT2D eigenvalue weighted by molar-refractivity contribution is -0.137. The molecule has 0 radical (unpaired) electrons. The van der Waals surface area contributed by atoms with Gasteiger partial charge in [-0.25, -0.2) is 9.48 Å². The molecule has 30 heavy (non-hydrogen) atoms. The summed E-state index contributed by atoms with van der Waals surface area (Å²) in [6, 6.07) is 3.49. The van der Waals surface area contributed by atoms with E-state index in [2.05, 4.69) is 10.1 Å². The number of halogens is 6. The van der Waals surface area contributed by atoms with E-state index in [1.165, 1.54) is 12.1 Å². The summed E-state index contributed by atoms with van der Waals surface area (Å²) in [5, 5.41) is 3.57. The molecule has 0 aliphatic heterocycles. The summed E-state index contributed by atoms with van der Waals surface area (Å²) in [7, 11) is 0. The van der Waals surface area contributed by atoms with Crippen molar-refractivity contribution in [3.63, 3.8) is 0 Å². The predicted molar refractivity (Wildman–Crippen MR) is 93.0 cm³/mol. The fraction of sp³-hybridized carbons (Fsp3) is 0.389. The number of hydrogen-bond acceptors (Lipinski definition) is 3. The van der Waals surface area contributed by atoms with E-state index in [1.807, 2.05) is 4.98 Å². The highest BCUT2D eigenvalue weighted by Gasteiger charge is 2.38. The molecule has 2 N–H and O–H groups in total. The van der Waals surface area contributed by atoms with Gasteiger partial charge in [-0.3, -0.25) is 14.8 Å². The molecule has 3 aromatic rings. The minimum Gasteiger partial charge on any atom is -0.292 e. The van der Waals surface area contributed by atoms with Crippen molar-refractivity contribution in [3.05, 3.63) is 61.9 Å². The second-order valence-electron chi connectivity index (χ2n) is 7.22. The van der Waals surface area contributed by atoms with Gasteiger partial charge in [0.05, 0.1) is 23.7 Å². The number of aromatic amines is 2. The van der Waals surface area contributed by atoms with Crippen LogP contribution in [0.5, 0.6) is 0 Å². The zero-order valence-electron chi connectivity index (χ0n) is 15.1. The van der Waals surface area contributed by atoms with E-state index in [-0.39, 0.29) is 11.6 Å². The highest BCUT2D eigenvalue weighted by molar-refractivity contribution is 5.77. The van der Waals surface area contributed by atoms with E-state index in [9.17, 15) is 35.9 Å². The van der Waals surface area contributed by atoms with E-state index in [1.54, 1.807) is 0 Å². The Balaban J connectivity index is 1.89. The SMILES string of the molecule is O=c1[nH]c(=O)c2c(CC(F)(F)F)nn(C(c3ccc(C(F)(F)F)cc3)C3CC3)c2[nH]1. The Bertz CT molecular complexity index is 1200. The Morgan fingerprint density at radius 2 is 1.67 bits per heavy atom. The Hall–Kier alpha value is -3.05. The van der Waals surface area contributed by atoms with Gasteiger partial charge in [0.15, 0.2) is 0 Å². The zero-order valence-corrected chi connectivity index (χ0v) is 15.1. The summed E-state index contributed by atoms with van der Waals surface area (Å²) in [5.74, 6) is -0.105. The average Bonchev–Trinajstić information content (AvgIpc) is 3.37. The third-order valence-corrected chi connectivity index (χ3v) is 4.95. The van der Waals surface area contributed by atoms with Crippen LogP contribution in [0.1, 0.15) is 35.7 Å². The van der Waals surface area contributed by atoms with Crippen LogP contribution in [0.3, 0.4) is 0 Å². The Kier molecular flexibility index (Phi) is 4.55. The van der Waals surface area contributed by atoms with E-state index in [0.717, 1.165) is 16.8 Å². The summed E-state index contributed by atoms with van der Waals surface area (Å²) in [6.07, 6.45) is -9.33. The minimum atomic E-state index is -4.65. The first-order valence-corrected chi connectivity index (χ1v) is 8.91. The largest absolute Gasteiger partial charge is 0.416 e. The van der Waals surface area contributed by atoms with E-state index >= 15 is 0 Å². The molecule has 6 nitrogen and oxygen atoms in total. The van der Waals surface area contributed by atoms with Crippen LogP contribution >= 0.6 is 0 Å². The van der Waals surface area contributed by atoms with Gasteiger partial charge in [-0.1, -0.05) is 12.1 Å². The van der Waals surface area contributed by atoms with E-state index < -0.39 is 52.7 Å². The highest BCUT2D eigenvalue weighted by Crippen LogP contribution is 2.44. The van der Waals surface area contributed by atoms with Crippen molar-refractivity contribution in [3.8, 4) is 0 Å². The first kappa shape index (κ1) is 20.2. The summed E-state index contributed by atoms with van der Waals surface area (Å²) in [6.45, 7) is 0. The molecule has 0 bridgehead atoms. The van der Waals surface area contributed by atoms with Crippen molar-refractivity contribution < 1.29 is 26.3 Å². The minimum absolute atomic E-state index is 0.105. The van der Waals surface area contributed by atoms with Gasteiger partial charge in [0.25, 0.3) is 5.56 Å². The molecule has 1 aliphatic carbocycles. The van der Waals surface area contributed by atoms with Gasteiger partial charge in [0.2, 0.25) is 0 Å². The molecule has 1 unspecified atom stereocenters. The van der Waals surface area contributed by atoms with Crippen molar-refractivity contribution in [2.45, 2.75) is 37.7 Å². The van der Waals surface area contributed by atoms with Crippen molar-refractivity contribution >= 4 is 11.0 Å². The second kappa shape index (κ2) is 6.74. The Labute approximate surface area is 163 Å². The highest BCUT2D eigenvalue weighted by atomic mass is 19.4. The summed E-state index contributed by atoms with van der Waals surface area (Å²) < 4.78 is 78.7. The van der Waals surface area contributed by atoms with Crippen LogP contribution in [0, 0.1) is 5.92 Å². The zero-order chi connectivity index (χ0) is 21.8. The molecule has 4 rings (SSSR count). The number of benzene rings is 1.